The lowest BCUT2D eigenvalue weighted by molar-refractivity contribution is -0.147. The first-order chi connectivity index (χ1) is 16.4. The normalized spacial score (nSPS) is 25.8. The molecule has 0 spiro atoms. The van der Waals surface area contributed by atoms with Crippen molar-refractivity contribution >= 4 is 39.0 Å². The average Bonchev–Trinajstić information content (AvgIpc) is 3.02. The lowest BCUT2D eigenvalue weighted by Gasteiger charge is -2.34. The number of methoxy groups -OCH3 is 1. The molecule has 6 nitrogen and oxygen atoms in total. The van der Waals surface area contributed by atoms with Crippen LogP contribution in [0.1, 0.15) is 36.5 Å². The molecule has 1 N–H and O–H groups in total. The number of hydrogen-bond acceptors (Lipinski definition) is 5. The highest BCUT2D eigenvalue weighted by molar-refractivity contribution is 7.92. The van der Waals surface area contributed by atoms with E-state index in [0.29, 0.717) is 31.4 Å². The number of carbonyl (C=O) groups excluding carboxylic acids is 2. The number of fused-ring (bicyclic) bond motifs is 2. The smallest absolute Gasteiger partial charge is 0.308 e. The number of ether oxygens (including phenoxy) is 1. The third-order valence-electron chi connectivity index (χ3n) is 7.07. The van der Waals surface area contributed by atoms with Crippen molar-refractivity contribution in [2.24, 2.45) is 23.7 Å². The molecular weight excluding hydrogens is 507 g/mol. The van der Waals surface area contributed by atoms with Gasteiger partial charge in [-0.3, -0.25) is 9.59 Å². The summed E-state index contributed by atoms with van der Waals surface area (Å²) in [5.41, 5.74) is -0.444. The number of sulfone groups is 1. The van der Waals surface area contributed by atoms with E-state index in [0.717, 1.165) is 6.07 Å². The van der Waals surface area contributed by atoms with E-state index in [9.17, 15) is 31.2 Å². The number of nitrogens with one attached hydrogen (secondary N) is 1. The highest BCUT2D eigenvalue weighted by atomic mass is 35.5. The summed E-state index contributed by atoms with van der Waals surface area (Å²) < 4.78 is 72.5. The molecule has 4 rings (SSSR count). The van der Waals surface area contributed by atoms with E-state index in [2.05, 4.69) is 5.32 Å². The van der Waals surface area contributed by atoms with Gasteiger partial charge in [-0.1, -0.05) is 18.5 Å². The van der Waals surface area contributed by atoms with Crippen molar-refractivity contribution in [3.8, 4) is 0 Å². The molecule has 2 bridgehead atoms. The second-order valence-corrected chi connectivity index (χ2v) is 11.7. The lowest BCUT2D eigenvalue weighted by Crippen LogP contribution is -2.40. The Morgan fingerprint density at radius 2 is 1.71 bits per heavy atom. The summed E-state index contributed by atoms with van der Waals surface area (Å²) in [6.07, 6.45) is 1.41. The fraction of sp³-hybridized carbons (Fsp3) is 0.417. The van der Waals surface area contributed by atoms with E-state index in [1.54, 1.807) is 0 Å². The van der Waals surface area contributed by atoms with Crippen molar-refractivity contribution in [2.45, 2.75) is 36.3 Å². The van der Waals surface area contributed by atoms with Crippen molar-refractivity contribution in [1.82, 2.24) is 0 Å². The quantitative estimate of drug-likeness (QED) is 0.434. The Balaban J connectivity index is 1.63. The standard InChI is InChI=1S/C24H23ClF3NO5S/c1-11-5-13-6-14(24(31)34-2)7-16(11)22(13)35(32,33)20-8-12(3-4-17(20)25)23(30)29-15-9-18(26)21(28)19(27)10-15/h3-4,8-11,13-14,16,22H,5-7H2,1-2H3,(H,29,30)/t11-,13-,14-,16?,22?/m0/s1. The van der Waals surface area contributed by atoms with E-state index in [1.807, 2.05) is 6.92 Å². The van der Waals surface area contributed by atoms with Crippen LogP contribution in [0.15, 0.2) is 35.2 Å². The van der Waals surface area contributed by atoms with Crippen LogP contribution in [0, 0.1) is 41.1 Å². The molecule has 11 heteroatoms. The van der Waals surface area contributed by atoms with Crippen molar-refractivity contribution in [2.75, 3.05) is 12.4 Å². The Hall–Kier alpha value is -2.59. The summed E-state index contributed by atoms with van der Waals surface area (Å²) in [5, 5.41) is 1.40. The second-order valence-electron chi connectivity index (χ2n) is 9.19. The first kappa shape index (κ1) is 25.5. The molecule has 35 heavy (non-hydrogen) atoms. The van der Waals surface area contributed by atoms with E-state index in [4.69, 9.17) is 16.3 Å². The summed E-state index contributed by atoms with van der Waals surface area (Å²) in [5.74, 6) is -6.67. The second kappa shape index (κ2) is 9.46. The van der Waals surface area contributed by atoms with Gasteiger partial charge in [0, 0.05) is 23.4 Å². The molecule has 0 aromatic heterocycles. The molecule has 2 fully saturated rings. The molecule has 0 heterocycles. The minimum Gasteiger partial charge on any atom is -0.469 e. The first-order valence-electron chi connectivity index (χ1n) is 11.0. The Bertz CT molecular complexity index is 1280. The largest absolute Gasteiger partial charge is 0.469 e. The third kappa shape index (κ3) is 4.65. The van der Waals surface area contributed by atoms with Gasteiger partial charge in [0.05, 0.1) is 28.2 Å². The van der Waals surface area contributed by atoms with E-state index >= 15 is 0 Å². The maximum absolute atomic E-state index is 13.7. The van der Waals surface area contributed by atoms with Crippen LogP contribution in [0.4, 0.5) is 18.9 Å². The van der Waals surface area contributed by atoms with Crippen molar-refractivity contribution < 1.29 is 35.9 Å². The van der Waals surface area contributed by atoms with Gasteiger partial charge in [0.2, 0.25) is 0 Å². The minimum atomic E-state index is -4.00. The minimum absolute atomic E-state index is 0.0671. The first-order valence-corrected chi connectivity index (χ1v) is 12.9. The molecule has 2 aliphatic carbocycles. The van der Waals surface area contributed by atoms with Crippen LogP contribution >= 0.6 is 11.6 Å². The zero-order chi connectivity index (χ0) is 25.7. The molecule has 0 aliphatic heterocycles. The maximum Gasteiger partial charge on any atom is 0.308 e. The van der Waals surface area contributed by atoms with Crippen LogP contribution in [-0.4, -0.2) is 32.7 Å². The summed E-state index contributed by atoms with van der Waals surface area (Å²) in [6.45, 7) is 1.96. The topological polar surface area (TPSA) is 89.5 Å². The summed E-state index contributed by atoms with van der Waals surface area (Å²) >= 11 is 6.25. The van der Waals surface area contributed by atoms with Crippen LogP contribution in [0.3, 0.4) is 0 Å². The van der Waals surface area contributed by atoms with Crippen LogP contribution in [0.5, 0.6) is 0 Å². The zero-order valence-electron chi connectivity index (χ0n) is 18.9. The van der Waals surface area contributed by atoms with Crippen LogP contribution in [0.2, 0.25) is 5.02 Å². The zero-order valence-corrected chi connectivity index (χ0v) is 20.4. The number of hydrogen-bond donors (Lipinski definition) is 1. The molecule has 2 aliphatic rings. The average molecular weight is 530 g/mol. The summed E-state index contributed by atoms with van der Waals surface area (Å²) in [7, 11) is -2.69. The molecule has 0 saturated heterocycles. The van der Waals surface area contributed by atoms with E-state index < -0.39 is 38.4 Å². The van der Waals surface area contributed by atoms with Crippen molar-refractivity contribution in [3.63, 3.8) is 0 Å². The molecule has 2 aromatic rings. The number of rotatable bonds is 5. The van der Waals surface area contributed by atoms with Gasteiger partial charge in [-0.25, -0.2) is 21.6 Å². The SMILES string of the molecule is COC(=O)[C@@H]1CC2C(S(=O)(=O)c3cc(C(=O)Nc4cc(F)c(F)c(F)c4)ccc3Cl)[C@H](C1)C[C@@H]2C. The number of anilines is 1. The van der Waals surface area contributed by atoms with Crippen LogP contribution < -0.4 is 5.32 Å². The van der Waals surface area contributed by atoms with Gasteiger partial charge in [0.15, 0.2) is 27.3 Å². The van der Waals surface area contributed by atoms with Gasteiger partial charge >= 0.3 is 5.97 Å². The third-order valence-corrected chi connectivity index (χ3v) is 9.91. The number of benzene rings is 2. The molecule has 188 valence electrons. The maximum atomic E-state index is 13.7. The Kier molecular flexibility index (Phi) is 6.89. The highest BCUT2D eigenvalue weighted by Crippen LogP contribution is 2.53. The lowest BCUT2D eigenvalue weighted by atomic mass is 9.79. The Morgan fingerprint density at radius 1 is 1.06 bits per heavy atom. The summed E-state index contributed by atoms with van der Waals surface area (Å²) in [4.78, 5) is 24.6. The van der Waals surface area contributed by atoms with Crippen LogP contribution in [0.25, 0.3) is 0 Å². The van der Waals surface area contributed by atoms with Gasteiger partial charge in [-0.2, -0.15) is 0 Å². The van der Waals surface area contributed by atoms with Gasteiger partial charge in [0.1, 0.15) is 0 Å². The fourth-order valence-corrected chi connectivity index (χ4v) is 8.46. The van der Waals surface area contributed by atoms with Gasteiger partial charge in [0.25, 0.3) is 5.91 Å². The molecule has 5 atom stereocenters. The summed E-state index contributed by atoms with van der Waals surface area (Å²) in [6, 6.07) is 4.89. The molecule has 2 aromatic carbocycles. The Labute approximate surface area is 205 Å². The van der Waals surface area contributed by atoms with Crippen molar-refractivity contribution in [1.29, 1.82) is 0 Å². The molecule has 1 amide bonds. The Morgan fingerprint density at radius 3 is 2.31 bits per heavy atom. The molecule has 2 saturated carbocycles. The number of amides is 1. The predicted octanol–water partition coefficient (Wildman–Crippen LogP) is 5.01. The van der Waals surface area contributed by atoms with E-state index in [-0.39, 0.29) is 50.8 Å². The molecule has 0 radical (unpaired) electrons. The van der Waals surface area contributed by atoms with Gasteiger partial charge in [-0.15, -0.1) is 0 Å². The fourth-order valence-electron chi connectivity index (χ4n) is 5.53. The van der Waals surface area contributed by atoms with Gasteiger partial charge in [-0.05, 0) is 55.2 Å². The molecular formula is C24H23ClF3NO5S. The van der Waals surface area contributed by atoms with Crippen LogP contribution in [-0.2, 0) is 19.4 Å². The van der Waals surface area contributed by atoms with Crippen molar-refractivity contribution in [3.05, 3.63) is 58.4 Å². The number of carbonyl (C=O) groups is 2. The monoisotopic (exact) mass is 529 g/mol. The molecule has 2 unspecified atom stereocenters. The predicted molar refractivity (Wildman–Crippen MR) is 122 cm³/mol. The van der Waals surface area contributed by atoms with Gasteiger partial charge < -0.3 is 10.1 Å². The van der Waals surface area contributed by atoms with E-state index in [1.165, 1.54) is 19.2 Å². The number of halogens is 4. The number of esters is 1. The highest BCUT2D eigenvalue weighted by Gasteiger charge is 2.54.